The summed E-state index contributed by atoms with van der Waals surface area (Å²) >= 11 is 0. The first-order valence-electron chi connectivity index (χ1n) is 3.33. The van der Waals surface area contributed by atoms with Crippen molar-refractivity contribution in [1.29, 1.82) is 0 Å². The van der Waals surface area contributed by atoms with E-state index in [1.165, 1.54) is 6.20 Å². The highest BCUT2D eigenvalue weighted by Gasteiger charge is 1.81. The maximum absolute atomic E-state index is 4.03. The van der Waals surface area contributed by atoms with Crippen LogP contribution in [0.3, 0.4) is 0 Å². The molecule has 1 heterocycles. The molecule has 0 aliphatic carbocycles. The number of rotatable bonds is 2. The Bertz CT molecular complexity index is 320. The van der Waals surface area contributed by atoms with Gasteiger partial charge in [-0.3, -0.25) is 0 Å². The summed E-state index contributed by atoms with van der Waals surface area (Å²) in [6, 6.07) is 5.73. The van der Waals surface area contributed by atoms with Gasteiger partial charge in [-0.25, -0.2) is 4.99 Å². The van der Waals surface area contributed by atoms with E-state index in [0.29, 0.717) is 0 Å². The minimum atomic E-state index is 0.831. The van der Waals surface area contributed by atoms with Gasteiger partial charge in [-0.2, -0.15) is 0 Å². The molecule has 0 saturated heterocycles. The maximum atomic E-state index is 4.03. The van der Waals surface area contributed by atoms with Crippen LogP contribution in [-0.2, 0) is 0 Å². The fraction of sp³-hybridized carbons (Fsp3) is 0. The summed E-state index contributed by atoms with van der Waals surface area (Å²) in [4.78, 5) is 4.03. The second kappa shape index (κ2) is 3.56. The Labute approximate surface area is 65.8 Å². The first kappa shape index (κ1) is 7.54. The van der Waals surface area contributed by atoms with E-state index >= 15 is 0 Å². The van der Waals surface area contributed by atoms with Crippen LogP contribution >= 0.6 is 0 Å². The number of hydrogen-bond acceptors (Lipinski definition) is 1. The molecule has 0 spiro atoms. The average Bonchev–Trinajstić information content (AvgIpc) is 2.06. The molecule has 0 saturated carbocycles. The lowest BCUT2D eigenvalue weighted by Crippen LogP contribution is -2.13. The summed E-state index contributed by atoms with van der Waals surface area (Å²) in [5.41, 5.74) is 0.831. The normalized spacial score (nSPS) is 11.1. The van der Waals surface area contributed by atoms with Crippen molar-refractivity contribution in [2.75, 3.05) is 0 Å². The molecule has 0 fully saturated rings. The monoisotopic (exact) mass is 146 g/mol. The fourth-order valence-electron chi connectivity index (χ4n) is 0.804. The van der Waals surface area contributed by atoms with Gasteiger partial charge < -0.3 is 4.57 Å². The maximum Gasteiger partial charge on any atom is 0.136 e. The van der Waals surface area contributed by atoms with Gasteiger partial charge in [-0.1, -0.05) is 19.2 Å². The zero-order valence-electron chi connectivity index (χ0n) is 6.27. The van der Waals surface area contributed by atoms with Crippen LogP contribution in [-0.4, -0.2) is 4.57 Å². The molecule has 0 N–H and O–H groups in total. The number of hydrogen-bond donors (Lipinski definition) is 0. The van der Waals surface area contributed by atoms with Crippen molar-refractivity contribution >= 4 is 6.20 Å². The lowest BCUT2D eigenvalue weighted by Gasteiger charge is -1.96. The molecule has 1 aromatic heterocycles. The van der Waals surface area contributed by atoms with E-state index in [1.54, 1.807) is 6.20 Å². The lowest BCUT2D eigenvalue weighted by molar-refractivity contribution is 1.01. The van der Waals surface area contributed by atoms with Crippen molar-refractivity contribution in [1.82, 2.24) is 4.57 Å². The topological polar surface area (TPSA) is 17.3 Å². The molecule has 0 aliphatic heterocycles. The third kappa shape index (κ3) is 1.67. The fourth-order valence-corrected chi connectivity index (χ4v) is 0.804. The predicted molar refractivity (Wildman–Crippen MR) is 46.6 cm³/mol. The van der Waals surface area contributed by atoms with Crippen LogP contribution in [0, 0.1) is 0 Å². The number of pyridine rings is 1. The number of nitrogens with zero attached hydrogens (tertiary/aromatic N) is 2. The molecule has 0 amide bonds. The largest absolute Gasteiger partial charge is 0.309 e. The molecule has 11 heavy (non-hydrogen) atoms. The van der Waals surface area contributed by atoms with E-state index in [4.69, 9.17) is 0 Å². The molecular formula is C9H10N2. The van der Waals surface area contributed by atoms with E-state index in [1.807, 2.05) is 29.0 Å². The predicted octanol–water partition coefficient (Wildman–Crippen LogP) is 1.63. The molecular weight excluding hydrogens is 136 g/mol. The third-order valence-corrected chi connectivity index (χ3v) is 1.29. The summed E-state index contributed by atoms with van der Waals surface area (Å²) in [5, 5.41) is 0. The minimum absolute atomic E-state index is 0.831. The SMILES string of the molecule is C=C/N=c1/ccccn1C=C. The molecule has 0 aromatic carbocycles. The van der Waals surface area contributed by atoms with Crippen LogP contribution in [0.25, 0.3) is 6.20 Å². The van der Waals surface area contributed by atoms with Gasteiger partial charge in [0.2, 0.25) is 0 Å². The van der Waals surface area contributed by atoms with Crippen molar-refractivity contribution in [2.24, 2.45) is 4.99 Å². The van der Waals surface area contributed by atoms with E-state index in [9.17, 15) is 0 Å². The Kier molecular flexibility index (Phi) is 2.44. The Hall–Kier alpha value is -1.57. The second-order valence-corrected chi connectivity index (χ2v) is 1.96. The quantitative estimate of drug-likeness (QED) is 0.603. The van der Waals surface area contributed by atoms with Crippen LogP contribution in [0.1, 0.15) is 0 Å². The van der Waals surface area contributed by atoms with E-state index < -0.39 is 0 Å². The van der Waals surface area contributed by atoms with E-state index in [2.05, 4.69) is 18.2 Å². The molecule has 2 heteroatoms. The van der Waals surface area contributed by atoms with Gasteiger partial charge in [0.05, 0.1) is 0 Å². The Morgan fingerprint density at radius 1 is 1.36 bits per heavy atom. The van der Waals surface area contributed by atoms with Crippen molar-refractivity contribution in [2.45, 2.75) is 0 Å². The summed E-state index contributed by atoms with van der Waals surface area (Å²) in [6.07, 6.45) is 5.09. The molecule has 0 radical (unpaired) electrons. The van der Waals surface area contributed by atoms with Gasteiger partial charge in [-0.15, -0.1) is 0 Å². The van der Waals surface area contributed by atoms with Crippen LogP contribution in [0.5, 0.6) is 0 Å². The van der Waals surface area contributed by atoms with Gasteiger partial charge >= 0.3 is 0 Å². The zero-order valence-corrected chi connectivity index (χ0v) is 6.27. The van der Waals surface area contributed by atoms with Crippen LogP contribution < -0.4 is 5.49 Å². The van der Waals surface area contributed by atoms with Crippen molar-refractivity contribution in [3.8, 4) is 0 Å². The van der Waals surface area contributed by atoms with Gasteiger partial charge in [0.1, 0.15) is 5.49 Å². The highest BCUT2D eigenvalue weighted by Crippen LogP contribution is 1.81. The first-order valence-corrected chi connectivity index (χ1v) is 3.33. The van der Waals surface area contributed by atoms with Crippen molar-refractivity contribution in [3.05, 3.63) is 49.2 Å². The van der Waals surface area contributed by atoms with Gasteiger partial charge in [0.25, 0.3) is 0 Å². The molecule has 1 aromatic rings. The van der Waals surface area contributed by atoms with Gasteiger partial charge in [-0.05, 0) is 12.1 Å². The molecule has 1 rings (SSSR count). The second-order valence-electron chi connectivity index (χ2n) is 1.96. The van der Waals surface area contributed by atoms with E-state index in [-0.39, 0.29) is 0 Å². The summed E-state index contributed by atoms with van der Waals surface area (Å²) in [7, 11) is 0. The Morgan fingerprint density at radius 2 is 2.18 bits per heavy atom. The molecule has 56 valence electrons. The van der Waals surface area contributed by atoms with Crippen LogP contribution in [0.4, 0.5) is 0 Å². The average molecular weight is 146 g/mol. The number of aromatic nitrogens is 1. The van der Waals surface area contributed by atoms with E-state index in [0.717, 1.165) is 5.49 Å². The van der Waals surface area contributed by atoms with Crippen molar-refractivity contribution < 1.29 is 0 Å². The molecule has 0 atom stereocenters. The van der Waals surface area contributed by atoms with Crippen LogP contribution in [0.15, 0.2) is 48.7 Å². The summed E-state index contributed by atoms with van der Waals surface area (Å²) < 4.78 is 1.82. The zero-order chi connectivity index (χ0) is 8.10. The smallest absolute Gasteiger partial charge is 0.136 e. The third-order valence-electron chi connectivity index (χ3n) is 1.29. The first-order chi connectivity index (χ1) is 5.38. The lowest BCUT2D eigenvalue weighted by atomic mass is 10.5. The Morgan fingerprint density at radius 3 is 2.82 bits per heavy atom. The molecule has 0 bridgehead atoms. The Balaban J connectivity index is 3.34. The van der Waals surface area contributed by atoms with Crippen LogP contribution in [0.2, 0.25) is 0 Å². The minimum Gasteiger partial charge on any atom is -0.309 e. The molecule has 0 unspecified atom stereocenters. The molecule has 2 nitrogen and oxygen atoms in total. The molecule has 0 aliphatic rings. The highest BCUT2D eigenvalue weighted by atomic mass is 15.0. The summed E-state index contributed by atoms with van der Waals surface area (Å²) in [5.74, 6) is 0. The highest BCUT2D eigenvalue weighted by molar-refractivity contribution is 5.16. The van der Waals surface area contributed by atoms with Crippen molar-refractivity contribution in [3.63, 3.8) is 0 Å². The van der Waals surface area contributed by atoms with Gasteiger partial charge in [0.15, 0.2) is 0 Å². The standard InChI is InChI=1S/C9H10N2/c1-3-10-9-7-5-6-8-11(9)4-2/h3-8H,1-2H2/b10-9-. The summed E-state index contributed by atoms with van der Waals surface area (Å²) in [6.45, 7) is 7.16. The van der Waals surface area contributed by atoms with Gasteiger partial charge in [0, 0.05) is 18.6 Å².